The lowest BCUT2D eigenvalue weighted by molar-refractivity contribution is -0.157. The van der Waals surface area contributed by atoms with Gasteiger partial charge in [0.05, 0.1) is 6.26 Å². The Hall–Kier alpha value is -3.41. The van der Waals surface area contributed by atoms with Gasteiger partial charge in [-0.3, -0.25) is 4.79 Å². The highest BCUT2D eigenvalue weighted by Gasteiger charge is 2.25. The second kappa shape index (κ2) is 6.60. The highest BCUT2D eigenvalue weighted by molar-refractivity contribution is 5.87. The summed E-state index contributed by atoms with van der Waals surface area (Å²) in [5.74, 6) is -0.640. The van der Waals surface area contributed by atoms with Crippen molar-refractivity contribution in [2.45, 2.75) is 13.2 Å². The largest absolute Gasteiger partial charge is 0.508 e. The minimum Gasteiger partial charge on any atom is -0.508 e. The number of hydrogen-bond acceptors (Lipinski definition) is 6. The third-order valence-corrected chi connectivity index (χ3v) is 3.59. The van der Waals surface area contributed by atoms with Crippen molar-refractivity contribution in [3.63, 3.8) is 0 Å². The van der Waals surface area contributed by atoms with E-state index in [1.165, 1.54) is 31.4 Å². The lowest BCUT2D eigenvalue weighted by Gasteiger charge is -2.24. The first-order valence-electron chi connectivity index (χ1n) is 7.49. The Labute approximate surface area is 143 Å². The van der Waals surface area contributed by atoms with Crippen molar-refractivity contribution in [2.24, 2.45) is 0 Å². The van der Waals surface area contributed by atoms with E-state index in [1.54, 1.807) is 30.3 Å². The van der Waals surface area contributed by atoms with Gasteiger partial charge in [-0.1, -0.05) is 12.1 Å². The van der Waals surface area contributed by atoms with E-state index in [1.807, 2.05) is 0 Å². The fourth-order valence-corrected chi connectivity index (χ4v) is 2.51. The van der Waals surface area contributed by atoms with Crippen molar-refractivity contribution in [1.82, 2.24) is 0 Å². The Bertz CT molecular complexity index is 844. The standard InChI is InChI=1S/C19H16O6/c1-11(20)25-19-18(13-6-16(22)9-17(23)7-13)8-14(10-24-19)12-2-4-15(21)5-3-12/h2-10,19,21-23H,1H3. The lowest BCUT2D eigenvalue weighted by Crippen LogP contribution is -2.22. The third-order valence-electron chi connectivity index (χ3n) is 3.59. The van der Waals surface area contributed by atoms with E-state index >= 15 is 0 Å². The number of rotatable bonds is 3. The summed E-state index contributed by atoms with van der Waals surface area (Å²) in [6, 6.07) is 10.6. The number of benzene rings is 2. The van der Waals surface area contributed by atoms with Gasteiger partial charge in [0.25, 0.3) is 6.29 Å². The fourth-order valence-electron chi connectivity index (χ4n) is 2.51. The van der Waals surface area contributed by atoms with Gasteiger partial charge in [-0.2, -0.15) is 0 Å². The molecule has 128 valence electrons. The molecular weight excluding hydrogens is 324 g/mol. The lowest BCUT2D eigenvalue weighted by atomic mass is 9.97. The topological polar surface area (TPSA) is 96.2 Å². The van der Waals surface area contributed by atoms with Crippen LogP contribution in [0.3, 0.4) is 0 Å². The van der Waals surface area contributed by atoms with E-state index in [4.69, 9.17) is 9.47 Å². The van der Waals surface area contributed by atoms with Gasteiger partial charge in [0.1, 0.15) is 17.2 Å². The summed E-state index contributed by atoms with van der Waals surface area (Å²) in [5, 5.41) is 28.9. The van der Waals surface area contributed by atoms with Crippen LogP contribution in [0.2, 0.25) is 0 Å². The first-order chi connectivity index (χ1) is 11.9. The summed E-state index contributed by atoms with van der Waals surface area (Å²) in [4.78, 5) is 11.3. The average Bonchev–Trinajstić information content (AvgIpc) is 2.54. The van der Waals surface area contributed by atoms with Crippen LogP contribution in [0.5, 0.6) is 17.2 Å². The summed E-state index contributed by atoms with van der Waals surface area (Å²) in [6.45, 7) is 1.26. The van der Waals surface area contributed by atoms with Crippen molar-refractivity contribution >= 4 is 17.1 Å². The van der Waals surface area contributed by atoms with Crippen molar-refractivity contribution in [3.8, 4) is 17.2 Å². The monoisotopic (exact) mass is 340 g/mol. The van der Waals surface area contributed by atoms with Gasteiger partial charge < -0.3 is 24.8 Å². The molecule has 0 fully saturated rings. The maximum Gasteiger partial charge on any atom is 0.305 e. The molecule has 25 heavy (non-hydrogen) atoms. The summed E-state index contributed by atoms with van der Waals surface area (Å²) < 4.78 is 10.7. The van der Waals surface area contributed by atoms with E-state index in [9.17, 15) is 20.1 Å². The number of aromatic hydroxyl groups is 3. The third kappa shape index (κ3) is 3.74. The van der Waals surface area contributed by atoms with Crippen LogP contribution >= 0.6 is 0 Å². The normalized spacial score (nSPS) is 16.4. The highest BCUT2D eigenvalue weighted by atomic mass is 16.7. The van der Waals surface area contributed by atoms with Crippen LogP contribution in [0.4, 0.5) is 0 Å². The van der Waals surface area contributed by atoms with E-state index < -0.39 is 12.3 Å². The Morgan fingerprint density at radius 2 is 1.60 bits per heavy atom. The molecule has 1 unspecified atom stereocenters. The molecule has 1 aliphatic rings. The van der Waals surface area contributed by atoms with Gasteiger partial charge in [-0.15, -0.1) is 0 Å². The number of esters is 1. The molecule has 0 aromatic heterocycles. The maximum atomic E-state index is 11.3. The van der Waals surface area contributed by atoms with Gasteiger partial charge in [0, 0.05) is 24.1 Å². The van der Waals surface area contributed by atoms with Crippen LogP contribution in [-0.2, 0) is 14.3 Å². The zero-order chi connectivity index (χ0) is 18.0. The van der Waals surface area contributed by atoms with Gasteiger partial charge in [0.2, 0.25) is 0 Å². The molecule has 1 aliphatic heterocycles. The molecule has 2 aromatic rings. The Kier molecular flexibility index (Phi) is 4.35. The summed E-state index contributed by atoms with van der Waals surface area (Å²) in [5.41, 5.74) is 2.38. The first-order valence-corrected chi connectivity index (χ1v) is 7.49. The number of hydrogen-bond donors (Lipinski definition) is 3. The molecular formula is C19H16O6. The van der Waals surface area contributed by atoms with E-state index in [0.717, 1.165) is 5.56 Å². The molecule has 3 N–H and O–H groups in total. The minimum atomic E-state index is -1.00. The summed E-state index contributed by atoms with van der Waals surface area (Å²) in [7, 11) is 0. The van der Waals surface area contributed by atoms with Crippen LogP contribution in [0, 0.1) is 0 Å². The molecule has 1 atom stereocenters. The number of phenolic OH excluding ortho intramolecular Hbond substituents is 3. The van der Waals surface area contributed by atoms with Crippen LogP contribution in [0.1, 0.15) is 18.1 Å². The van der Waals surface area contributed by atoms with Crippen molar-refractivity contribution in [1.29, 1.82) is 0 Å². The van der Waals surface area contributed by atoms with Crippen molar-refractivity contribution in [3.05, 3.63) is 65.9 Å². The SMILES string of the molecule is CC(=O)OC1OC=C(c2ccc(O)cc2)C=C1c1cc(O)cc(O)c1. The second-order valence-corrected chi connectivity index (χ2v) is 5.54. The van der Waals surface area contributed by atoms with Gasteiger partial charge in [-0.25, -0.2) is 0 Å². The molecule has 6 heteroatoms. The molecule has 0 aliphatic carbocycles. The summed E-state index contributed by atoms with van der Waals surface area (Å²) >= 11 is 0. The highest BCUT2D eigenvalue weighted by Crippen LogP contribution is 2.35. The smallest absolute Gasteiger partial charge is 0.305 e. The number of carbonyl (C=O) groups excluding carboxylic acids is 1. The molecule has 0 bridgehead atoms. The Balaban J connectivity index is 2.04. The van der Waals surface area contributed by atoms with E-state index in [-0.39, 0.29) is 17.2 Å². The molecule has 2 aromatic carbocycles. The second-order valence-electron chi connectivity index (χ2n) is 5.54. The number of allylic oxidation sites excluding steroid dienone is 2. The molecule has 1 heterocycles. The summed E-state index contributed by atoms with van der Waals surface area (Å²) in [6.07, 6.45) is 2.18. The fraction of sp³-hybridized carbons (Fsp3) is 0.105. The molecule has 0 saturated carbocycles. The maximum absolute atomic E-state index is 11.3. The quantitative estimate of drug-likeness (QED) is 0.743. The van der Waals surface area contributed by atoms with Crippen LogP contribution in [-0.4, -0.2) is 27.6 Å². The Morgan fingerprint density at radius 3 is 2.20 bits per heavy atom. The number of carbonyl (C=O) groups is 1. The van der Waals surface area contributed by atoms with Crippen molar-refractivity contribution in [2.75, 3.05) is 0 Å². The van der Waals surface area contributed by atoms with Crippen LogP contribution in [0.25, 0.3) is 11.1 Å². The van der Waals surface area contributed by atoms with Crippen LogP contribution in [0.15, 0.2) is 54.8 Å². The van der Waals surface area contributed by atoms with Gasteiger partial charge >= 0.3 is 5.97 Å². The van der Waals surface area contributed by atoms with Crippen molar-refractivity contribution < 1.29 is 29.6 Å². The molecule has 6 nitrogen and oxygen atoms in total. The Morgan fingerprint density at radius 1 is 0.960 bits per heavy atom. The molecule has 0 spiro atoms. The molecule has 3 rings (SSSR count). The zero-order valence-corrected chi connectivity index (χ0v) is 13.3. The predicted octanol–water partition coefficient (Wildman–Crippen LogP) is 3.15. The molecule has 0 amide bonds. The van der Waals surface area contributed by atoms with E-state index in [0.29, 0.717) is 16.7 Å². The molecule has 0 saturated heterocycles. The number of ether oxygens (including phenoxy) is 2. The molecule has 0 radical (unpaired) electrons. The first kappa shape index (κ1) is 16.4. The minimum absolute atomic E-state index is 0.127. The van der Waals surface area contributed by atoms with Gasteiger partial charge in [-0.05, 0) is 41.5 Å². The van der Waals surface area contributed by atoms with Crippen LogP contribution < -0.4 is 0 Å². The van der Waals surface area contributed by atoms with Gasteiger partial charge in [0.15, 0.2) is 0 Å². The predicted molar refractivity (Wildman–Crippen MR) is 90.5 cm³/mol. The average molecular weight is 340 g/mol. The van der Waals surface area contributed by atoms with E-state index in [2.05, 4.69) is 0 Å². The number of phenols is 3. The zero-order valence-electron chi connectivity index (χ0n) is 13.3.